The van der Waals surface area contributed by atoms with Crippen molar-refractivity contribution in [2.24, 2.45) is 7.05 Å². The lowest BCUT2D eigenvalue weighted by atomic mass is 10.1. The Kier molecular flexibility index (Phi) is 4.36. The fraction of sp³-hybridized carbons (Fsp3) is 0.421. The van der Waals surface area contributed by atoms with Gasteiger partial charge in [-0.05, 0) is 56.3 Å². The second-order valence-electron chi connectivity index (χ2n) is 6.58. The number of rotatable bonds is 5. The van der Waals surface area contributed by atoms with Crippen molar-refractivity contribution in [2.45, 2.75) is 18.9 Å². The van der Waals surface area contributed by atoms with E-state index in [2.05, 4.69) is 40.2 Å². The molecule has 0 bridgehead atoms. The number of nitrogens with zero attached hydrogens (tertiary/aromatic N) is 2. The molecule has 0 aliphatic carbocycles. The number of nitrogens with one attached hydrogen (secondary N) is 1. The summed E-state index contributed by atoms with van der Waals surface area (Å²) in [4.78, 5) is 15.0. The van der Waals surface area contributed by atoms with Gasteiger partial charge in [-0.3, -0.25) is 9.69 Å². The maximum Gasteiger partial charge on any atom is 0.251 e. The maximum absolute atomic E-state index is 12.6. The summed E-state index contributed by atoms with van der Waals surface area (Å²) in [6, 6.07) is 9.68. The van der Waals surface area contributed by atoms with E-state index in [-0.39, 0.29) is 18.7 Å². The van der Waals surface area contributed by atoms with Crippen molar-refractivity contribution in [3.63, 3.8) is 0 Å². The lowest BCUT2D eigenvalue weighted by Crippen LogP contribution is -2.37. The summed E-state index contributed by atoms with van der Waals surface area (Å²) in [6.45, 7) is 2.96. The number of aryl methyl sites for hydroxylation is 1. The molecule has 0 spiro atoms. The summed E-state index contributed by atoms with van der Waals surface area (Å²) in [7, 11) is 2.05. The fourth-order valence-electron chi connectivity index (χ4n) is 3.62. The Balaban J connectivity index is 1.47. The molecule has 2 aliphatic heterocycles. The Morgan fingerprint density at radius 3 is 2.76 bits per heavy atom. The van der Waals surface area contributed by atoms with Crippen molar-refractivity contribution in [2.75, 3.05) is 26.4 Å². The van der Waals surface area contributed by atoms with Crippen LogP contribution in [0.1, 0.15) is 34.9 Å². The minimum atomic E-state index is -0.0864. The minimum Gasteiger partial charge on any atom is -0.454 e. The maximum atomic E-state index is 12.6. The predicted molar refractivity (Wildman–Crippen MR) is 93.9 cm³/mol. The highest BCUT2D eigenvalue weighted by Crippen LogP contribution is 2.32. The third-order valence-corrected chi connectivity index (χ3v) is 5.00. The number of benzene rings is 1. The molecule has 1 fully saturated rings. The van der Waals surface area contributed by atoms with Crippen LogP contribution >= 0.6 is 0 Å². The van der Waals surface area contributed by atoms with Crippen LogP contribution in [0, 0.1) is 0 Å². The van der Waals surface area contributed by atoms with Crippen molar-refractivity contribution in [3.05, 3.63) is 47.8 Å². The molecule has 6 heteroatoms. The van der Waals surface area contributed by atoms with Crippen molar-refractivity contribution >= 4 is 5.91 Å². The van der Waals surface area contributed by atoms with Gasteiger partial charge in [-0.1, -0.05) is 0 Å². The molecule has 1 atom stereocenters. The summed E-state index contributed by atoms with van der Waals surface area (Å²) in [5, 5.41) is 3.09. The molecule has 0 unspecified atom stereocenters. The number of fused-ring (bicyclic) bond motifs is 1. The second-order valence-corrected chi connectivity index (χ2v) is 6.58. The van der Waals surface area contributed by atoms with Gasteiger partial charge < -0.3 is 19.4 Å². The first-order chi connectivity index (χ1) is 12.2. The molecule has 6 nitrogen and oxygen atoms in total. The molecular weight excluding hydrogens is 318 g/mol. The van der Waals surface area contributed by atoms with E-state index in [9.17, 15) is 4.79 Å². The highest BCUT2D eigenvalue weighted by atomic mass is 16.7. The zero-order valence-corrected chi connectivity index (χ0v) is 14.4. The third kappa shape index (κ3) is 3.22. The summed E-state index contributed by atoms with van der Waals surface area (Å²) in [5.74, 6) is 1.23. The van der Waals surface area contributed by atoms with Crippen LogP contribution in [0.4, 0.5) is 0 Å². The number of carbonyl (C=O) groups is 1. The van der Waals surface area contributed by atoms with Crippen molar-refractivity contribution in [1.29, 1.82) is 0 Å². The lowest BCUT2D eigenvalue weighted by Gasteiger charge is -2.28. The zero-order valence-electron chi connectivity index (χ0n) is 14.4. The van der Waals surface area contributed by atoms with Gasteiger partial charge in [-0.2, -0.15) is 0 Å². The van der Waals surface area contributed by atoms with Crippen LogP contribution in [0.5, 0.6) is 11.5 Å². The average Bonchev–Trinajstić information content (AvgIpc) is 3.36. The second kappa shape index (κ2) is 6.80. The van der Waals surface area contributed by atoms with Gasteiger partial charge in [-0.25, -0.2) is 0 Å². The van der Waals surface area contributed by atoms with E-state index in [1.807, 2.05) is 0 Å². The SMILES string of the molecule is Cn1cccc1[C@@H](CNC(=O)c1ccc2c(c1)OCO2)N1CCCC1. The van der Waals surface area contributed by atoms with Crippen LogP contribution in [0.25, 0.3) is 0 Å². The molecule has 0 saturated carbocycles. The van der Waals surface area contributed by atoms with E-state index in [1.54, 1.807) is 18.2 Å². The van der Waals surface area contributed by atoms with E-state index in [0.717, 1.165) is 13.1 Å². The molecule has 3 heterocycles. The van der Waals surface area contributed by atoms with Crippen LogP contribution in [-0.2, 0) is 7.05 Å². The number of carbonyl (C=O) groups excluding carboxylic acids is 1. The summed E-state index contributed by atoms with van der Waals surface area (Å²) < 4.78 is 12.8. The van der Waals surface area contributed by atoms with Gasteiger partial charge in [0.1, 0.15) is 0 Å². The van der Waals surface area contributed by atoms with Gasteiger partial charge >= 0.3 is 0 Å². The van der Waals surface area contributed by atoms with E-state index >= 15 is 0 Å². The van der Waals surface area contributed by atoms with Crippen LogP contribution in [-0.4, -0.2) is 41.8 Å². The molecule has 2 aliphatic rings. The Bertz CT molecular complexity index is 765. The molecule has 1 amide bonds. The quantitative estimate of drug-likeness (QED) is 0.907. The monoisotopic (exact) mass is 341 g/mol. The fourth-order valence-corrected chi connectivity index (χ4v) is 3.62. The number of ether oxygens (including phenoxy) is 2. The van der Waals surface area contributed by atoms with Gasteiger partial charge in [0.25, 0.3) is 5.91 Å². The van der Waals surface area contributed by atoms with Gasteiger partial charge in [0.2, 0.25) is 6.79 Å². The first-order valence-electron chi connectivity index (χ1n) is 8.75. The number of likely N-dealkylation sites (tertiary alicyclic amines) is 1. The number of hydrogen-bond donors (Lipinski definition) is 1. The highest BCUT2D eigenvalue weighted by molar-refractivity contribution is 5.94. The van der Waals surface area contributed by atoms with Crippen molar-refractivity contribution in [3.8, 4) is 11.5 Å². The van der Waals surface area contributed by atoms with E-state index in [0.29, 0.717) is 23.6 Å². The number of amides is 1. The summed E-state index contributed by atoms with van der Waals surface area (Å²) in [5.41, 5.74) is 1.82. The van der Waals surface area contributed by atoms with Gasteiger partial charge in [0.15, 0.2) is 11.5 Å². The van der Waals surface area contributed by atoms with E-state index < -0.39 is 0 Å². The smallest absolute Gasteiger partial charge is 0.251 e. The van der Waals surface area contributed by atoms with Gasteiger partial charge in [0, 0.05) is 31.0 Å². The molecule has 2 aromatic rings. The molecule has 1 aromatic heterocycles. The van der Waals surface area contributed by atoms with E-state index in [4.69, 9.17) is 9.47 Å². The molecule has 1 N–H and O–H groups in total. The average molecular weight is 341 g/mol. The first kappa shape index (κ1) is 16.0. The Hall–Kier alpha value is -2.47. The minimum absolute atomic E-state index is 0.0864. The van der Waals surface area contributed by atoms with E-state index in [1.165, 1.54) is 18.5 Å². The van der Waals surface area contributed by atoms with Crippen LogP contribution in [0.3, 0.4) is 0 Å². The molecule has 1 aromatic carbocycles. The van der Waals surface area contributed by atoms with Gasteiger partial charge in [0.05, 0.1) is 6.04 Å². The molecule has 25 heavy (non-hydrogen) atoms. The molecule has 0 radical (unpaired) electrons. The largest absolute Gasteiger partial charge is 0.454 e. The van der Waals surface area contributed by atoms with Gasteiger partial charge in [-0.15, -0.1) is 0 Å². The highest BCUT2D eigenvalue weighted by Gasteiger charge is 2.26. The predicted octanol–water partition coefficient (Wildman–Crippen LogP) is 2.32. The lowest BCUT2D eigenvalue weighted by molar-refractivity contribution is 0.0936. The Morgan fingerprint density at radius 1 is 1.20 bits per heavy atom. The molecule has 4 rings (SSSR count). The normalized spacial score (nSPS) is 17.6. The molecule has 1 saturated heterocycles. The molecule has 132 valence electrons. The number of aromatic nitrogens is 1. The Morgan fingerprint density at radius 2 is 2.00 bits per heavy atom. The van der Waals surface area contributed by atoms with Crippen molar-refractivity contribution < 1.29 is 14.3 Å². The molecular formula is C19H23N3O3. The number of hydrogen-bond acceptors (Lipinski definition) is 4. The standard InChI is InChI=1S/C19H23N3O3/c1-21-8-4-5-15(21)16(22-9-2-3-10-22)12-20-19(23)14-6-7-17-18(11-14)25-13-24-17/h4-8,11,16H,2-3,9-10,12-13H2,1H3,(H,20,23)/t16-/m1/s1. The topological polar surface area (TPSA) is 55.7 Å². The van der Waals surface area contributed by atoms with Crippen LogP contribution < -0.4 is 14.8 Å². The van der Waals surface area contributed by atoms with Crippen molar-refractivity contribution in [1.82, 2.24) is 14.8 Å². The Labute approximate surface area is 147 Å². The first-order valence-corrected chi connectivity index (χ1v) is 8.75. The summed E-state index contributed by atoms with van der Waals surface area (Å²) >= 11 is 0. The third-order valence-electron chi connectivity index (χ3n) is 5.00. The summed E-state index contributed by atoms with van der Waals surface area (Å²) in [6.07, 6.45) is 4.49. The zero-order chi connectivity index (χ0) is 17.2. The van der Waals surface area contributed by atoms with Crippen LogP contribution in [0.15, 0.2) is 36.5 Å². The van der Waals surface area contributed by atoms with Crippen LogP contribution in [0.2, 0.25) is 0 Å².